The van der Waals surface area contributed by atoms with E-state index in [1.54, 1.807) is 13.8 Å². The van der Waals surface area contributed by atoms with Crippen molar-refractivity contribution < 1.29 is 18.0 Å². The number of nitrogens with one attached hydrogen (secondary N) is 1. The van der Waals surface area contributed by atoms with Crippen LogP contribution in [0.2, 0.25) is 5.02 Å². The van der Waals surface area contributed by atoms with Gasteiger partial charge in [-0.05, 0) is 27.7 Å². The van der Waals surface area contributed by atoms with Gasteiger partial charge >= 0.3 is 6.18 Å². The van der Waals surface area contributed by atoms with E-state index in [4.69, 9.17) is 11.6 Å². The molecule has 19 heavy (non-hydrogen) atoms. The molecule has 1 rings (SSSR count). The Labute approximate surface area is 113 Å². The summed E-state index contributed by atoms with van der Waals surface area (Å²) in [5, 5.41) is 5.54. The Morgan fingerprint density at radius 1 is 1.37 bits per heavy atom. The molecule has 0 aliphatic heterocycles. The van der Waals surface area contributed by atoms with Crippen molar-refractivity contribution in [1.82, 2.24) is 15.1 Å². The van der Waals surface area contributed by atoms with Crippen molar-refractivity contribution in [3.05, 3.63) is 16.4 Å². The number of amides is 1. The minimum atomic E-state index is -4.64. The van der Waals surface area contributed by atoms with Crippen LogP contribution in [-0.2, 0) is 11.0 Å². The Hall–Kier alpha value is -1.24. The number of rotatable bonds is 3. The van der Waals surface area contributed by atoms with Gasteiger partial charge in [0.25, 0.3) is 0 Å². The highest BCUT2D eigenvalue weighted by Gasteiger charge is 2.39. The van der Waals surface area contributed by atoms with Gasteiger partial charge < -0.3 is 5.32 Å². The Morgan fingerprint density at radius 3 is 2.26 bits per heavy atom. The molecule has 1 N–H and O–H groups in total. The molecule has 0 bridgehead atoms. The van der Waals surface area contributed by atoms with Crippen molar-refractivity contribution in [3.8, 4) is 0 Å². The van der Waals surface area contributed by atoms with Crippen LogP contribution >= 0.6 is 11.6 Å². The molecule has 1 atom stereocenters. The number of hydrogen-bond acceptors (Lipinski definition) is 2. The molecule has 1 unspecified atom stereocenters. The van der Waals surface area contributed by atoms with Crippen molar-refractivity contribution in [3.63, 3.8) is 0 Å². The average Bonchev–Trinajstić information content (AvgIpc) is 2.53. The summed E-state index contributed by atoms with van der Waals surface area (Å²) < 4.78 is 39.0. The van der Waals surface area contributed by atoms with Crippen molar-refractivity contribution in [2.45, 2.75) is 46.0 Å². The number of carbonyl (C=O) groups is 1. The molecule has 108 valence electrons. The van der Waals surface area contributed by atoms with Crippen LogP contribution in [0.15, 0.2) is 0 Å². The van der Waals surface area contributed by atoms with E-state index in [0.29, 0.717) is 0 Å². The van der Waals surface area contributed by atoms with E-state index >= 15 is 0 Å². The first-order valence-electron chi connectivity index (χ1n) is 5.67. The van der Waals surface area contributed by atoms with Crippen molar-refractivity contribution >= 4 is 17.5 Å². The lowest BCUT2D eigenvalue weighted by atomic mass is 10.2. The summed E-state index contributed by atoms with van der Waals surface area (Å²) >= 11 is 5.62. The van der Waals surface area contributed by atoms with Gasteiger partial charge in [-0.3, -0.25) is 9.48 Å². The predicted molar refractivity (Wildman–Crippen MR) is 65.0 cm³/mol. The summed E-state index contributed by atoms with van der Waals surface area (Å²) in [5.41, 5.74) is -1.06. The number of hydrogen-bond donors (Lipinski definition) is 1. The van der Waals surface area contributed by atoms with Crippen LogP contribution in [0.4, 0.5) is 13.2 Å². The number of carbonyl (C=O) groups excluding carboxylic acids is 1. The smallest absolute Gasteiger partial charge is 0.352 e. The zero-order chi connectivity index (χ0) is 15.0. The van der Waals surface area contributed by atoms with Gasteiger partial charge in [0, 0.05) is 6.04 Å². The van der Waals surface area contributed by atoms with Crippen LogP contribution in [0.3, 0.4) is 0 Å². The normalized spacial score (nSPS) is 13.7. The van der Waals surface area contributed by atoms with Gasteiger partial charge in [-0.1, -0.05) is 11.6 Å². The second-order valence-corrected chi connectivity index (χ2v) is 4.91. The second-order valence-electron chi connectivity index (χ2n) is 4.53. The van der Waals surface area contributed by atoms with Crippen molar-refractivity contribution in [1.29, 1.82) is 0 Å². The lowest BCUT2D eigenvalue weighted by Crippen LogP contribution is -2.36. The molecule has 0 aliphatic carbocycles. The van der Waals surface area contributed by atoms with Crippen molar-refractivity contribution in [2.75, 3.05) is 0 Å². The number of aromatic nitrogens is 2. The van der Waals surface area contributed by atoms with Gasteiger partial charge in [-0.25, -0.2) is 0 Å². The SMILES string of the molecule is Cc1c(Cl)c(C(F)(F)F)nn1C(C)C(=O)NC(C)C. The second kappa shape index (κ2) is 5.40. The molecular weight excluding hydrogens is 283 g/mol. The maximum atomic E-state index is 12.7. The summed E-state index contributed by atoms with van der Waals surface area (Å²) in [6, 6.07) is -0.973. The van der Waals surface area contributed by atoms with E-state index in [9.17, 15) is 18.0 Å². The topological polar surface area (TPSA) is 46.9 Å². The summed E-state index contributed by atoms with van der Waals surface area (Å²) in [4.78, 5) is 11.8. The Bertz CT molecular complexity index is 482. The highest BCUT2D eigenvalue weighted by molar-refractivity contribution is 6.32. The zero-order valence-corrected chi connectivity index (χ0v) is 11.7. The molecular formula is C11H15ClF3N3O. The number of alkyl halides is 3. The molecule has 0 saturated carbocycles. The van der Waals surface area contributed by atoms with Crippen LogP contribution in [0.25, 0.3) is 0 Å². The number of nitrogens with zero attached hydrogens (tertiary/aromatic N) is 2. The summed E-state index contributed by atoms with van der Waals surface area (Å²) in [7, 11) is 0. The van der Waals surface area contributed by atoms with Gasteiger partial charge in [0.2, 0.25) is 5.91 Å². The van der Waals surface area contributed by atoms with Gasteiger partial charge in [-0.2, -0.15) is 18.3 Å². The predicted octanol–water partition coefficient (Wildman–Crippen LogP) is 2.95. The molecule has 0 spiro atoms. The van der Waals surface area contributed by atoms with Gasteiger partial charge in [0.15, 0.2) is 5.69 Å². The van der Waals surface area contributed by atoms with E-state index < -0.39 is 28.8 Å². The third-order valence-corrected chi connectivity index (χ3v) is 2.98. The molecule has 1 heterocycles. The summed E-state index contributed by atoms with van der Waals surface area (Å²) in [6.45, 7) is 6.38. The molecule has 8 heteroatoms. The molecule has 0 aromatic carbocycles. The maximum Gasteiger partial charge on any atom is 0.436 e. The summed E-state index contributed by atoms with van der Waals surface area (Å²) in [5.74, 6) is -0.411. The largest absolute Gasteiger partial charge is 0.436 e. The lowest BCUT2D eigenvalue weighted by Gasteiger charge is -2.16. The highest BCUT2D eigenvalue weighted by Crippen LogP contribution is 2.36. The Morgan fingerprint density at radius 2 is 1.89 bits per heavy atom. The molecule has 1 aromatic heterocycles. The van der Waals surface area contributed by atoms with E-state index in [0.717, 1.165) is 4.68 Å². The first-order chi connectivity index (χ1) is 8.55. The van der Waals surface area contributed by atoms with Crippen LogP contribution in [0.1, 0.15) is 38.2 Å². The minimum absolute atomic E-state index is 0.108. The zero-order valence-electron chi connectivity index (χ0n) is 11.0. The van der Waals surface area contributed by atoms with Crippen molar-refractivity contribution in [2.24, 2.45) is 0 Å². The first kappa shape index (κ1) is 15.8. The molecule has 0 radical (unpaired) electrons. The fourth-order valence-electron chi connectivity index (χ4n) is 1.57. The van der Waals surface area contributed by atoms with Gasteiger partial charge in [0.1, 0.15) is 6.04 Å². The van der Waals surface area contributed by atoms with Gasteiger partial charge in [0.05, 0.1) is 10.7 Å². The lowest BCUT2D eigenvalue weighted by molar-refractivity contribution is -0.141. The molecule has 0 fully saturated rings. The molecule has 4 nitrogen and oxygen atoms in total. The highest BCUT2D eigenvalue weighted by atomic mass is 35.5. The van der Waals surface area contributed by atoms with Crippen LogP contribution in [0, 0.1) is 6.92 Å². The third-order valence-electron chi connectivity index (χ3n) is 2.52. The summed E-state index contributed by atoms with van der Waals surface area (Å²) in [6.07, 6.45) is -4.64. The molecule has 1 aromatic rings. The van der Waals surface area contributed by atoms with Crippen LogP contribution in [0.5, 0.6) is 0 Å². The van der Waals surface area contributed by atoms with E-state index in [-0.39, 0.29) is 11.7 Å². The number of halogens is 4. The third kappa shape index (κ3) is 3.40. The Kier molecular flexibility index (Phi) is 4.50. The molecule has 1 amide bonds. The average molecular weight is 298 g/mol. The molecule has 0 aliphatic rings. The standard InChI is InChI=1S/C11H15ClF3N3O/c1-5(2)16-10(19)7(4)18-6(3)8(12)9(17-18)11(13,14)15/h5,7H,1-4H3,(H,16,19). The van der Waals surface area contributed by atoms with Gasteiger partial charge in [-0.15, -0.1) is 0 Å². The van der Waals surface area contributed by atoms with E-state index in [1.807, 2.05) is 0 Å². The van der Waals surface area contributed by atoms with E-state index in [1.165, 1.54) is 13.8 Å². The Balaban J connectivity index is 3.12. The monoisotopic (exact) mass is 297 g/mol. The fourth-order valence-corrected chi connectivity index (χ4v) is 1.80. The van der Waals surface area contributed by atoms with Crippen LogP contribution < -0.4 is 5.32 Å². The minimum Gasteiger partial charge on any atom is -0.352 e. The fraction of sp³-hybridized carbons (Fsp3) is 0.636. The maximum absolute atomic E-state index is 12.7. The quantitative estimate of drug-likeness (QED) is 0.932. The first-order valence-corrected chi connectivity index (χ1v) is 6.05. The molecule has 0 saturated heterocycles. The van der Waals surface area contributed by atoms with E-state index in [2.05, 4.69) is 10.4 Å². The van der Waals surface area contributed by atoms with Crippen LogP contribution in [-0.4, -0.2) is 21.7 Å².